The van der Waals surface area contributed by atoms with E-state index in [1.807, 2.05) is 6.92 Å². The zero-order chi connectivity index (χ0) is 21.4. The van der Waals surface area contributed by atoms with Crippen LogP contribution in [0.15, 0.2) is 48.5 Å². The van der Waals surface area contributed by atoms with Crippen molar-refractivity contribution in [2.45, 2.75) is 39.3 Å². The minimum Gasteiger partial charge on any atom is -0.484 e. The molecule has 0 saturated heterocycles. The van der Waals surface area contributed by atoms with Crippen LogP contribution < -0.4 is 14.4 Å². The van der Waals surface area contributed by atoms with Gasteiger partial charge in [0, 0.05) is 6.04 Å². The quantitative estimate of drug-likeness (QED) is 0.636. The van der Waals surface area contributed by atoms with Crippen molar-refractivity contribution in [3.05, 3.63) is 59.9 Å². The van der Waals surface area contributed by atoms with Crippen molar-refractivity contribution in [1.29, 1.82) is 0 Å². The molecule has 1 atom stereocenters. The van der Waals surface area contributed by atoms with Crippen molar-refractivity contribution in [3.63, 3.8) is 0 Å². The SMILES string of the molecule is CCC[C@@H](C)NC(=O)COc1ccc(N(Cc2ccc(F)cc2)S(C)(=O)=O)cc1. The average molecular weight is 423 g/mol. The first-order valence-electron chi connectivity index (χ1n) is 9.43. The molecule has 0 radical (unpaired) electrons. The molecule has 158 valence electrons. The molecular weight excluding hydrogens is 395 g/mol. The molecule has 8 heteroatoms. The molecule has 29 heavy (non-hydrogen) atoms. The summed E-state index contributed by atoms with van der Waals surface area (Å²) in [6.07, 6.45) is 3.00. The number of amides is 1. The number of rotatable bonds is 10. The number of halogens is 1. The summed E-state index contributed by atoms with van der Waals surface area (Å²) in [7, 11) is -3.55. The molecule has 0 aliphatic rings. The molecule has 0 heterocycles. The van der Waals surface area contributed by atoms with Crippen molar-refractivity contribution in [2.75, 3.05) is 17.2 Å². The van der Waals surface area contributed by atoms with Crippen LogP contribution in [0.3, 0.4) is 0 Å². The second-order valence-electron chi connectivity index (χ2n) is 6.94. The Morgan fingerprint density at radius 2 is 1.76 bits per heavy atom. The largest absolute Gasteiger partial charge is 0.484 e. The highest BCUT2D eigenvalue weighted by molar-refractivity contribution is 7.92. The van der Waals surface area contributed by atoms with Gasteiger partial charge in [-0.1, -0.05) is 25.5 Å². The van der Waals surface area contributed by atoms with Gasteiger partial charge >= 0.3 is 0 Å². The Morgan fingerprint density at radius 3 is 2.31 bits per heavy atom. The Kier molecular flexibility index (Phi) is 8.01. The molecule has 0 bridgehead atoms. The van der Waals surface area contributed by atoms with Crippen molar-refractivity contribution in [3.8, 4) is 5.75 Å². The molecule has 0 aliphatic carbocycles. The van der Waals surface area contributed by atoms with E-state index >= 15 is 0 Å². The molecule has 0 fully saturated rings. The lowest BCUT2D eigenvalue weighted by Gasteiger charge is -2.23. The zero-order valence-electron chi connectivity index (χ0n) is 16.9. The molecule has 6 nitrogen and oxygen atoms in total. The van der Waals surface area contributed by atoms with Crippen LogP contribution in [0.2, 0.25) is 0 Å². The number of hydrogen-bond acceptors (Lipinski definition) is 4. The Hall–Kier alpha value is -2.61. The lowest BCUT2D eigenvalue weighted by atomic mass is 10.2. The van der Waals surface area contributed by atoms with E-state index in [4.69, 9.17) is 4.74 Å². The summed E-state index contributed by atoms with van der Waals surface area (Å²) < 4.78 is 44.2. The maximum Gasteiger partial charge on any atom is 0.258 e. The van der Waals surface area contributed by atoms with Crippen LogP contribution >= 0.6 is 0 Å². The normalized spacial score (nSPS) is 12.3. The summed E-state index contributed by atoms with van der Waals surface area (Å²) in [5, 5.41) is 2.85. The highest BCUT2D eigenvalue weighted by Crippen LogP contribution is 2.24. The predicted octanol–water partition coefficient (Wildman–Crippen LogP) is 3.48. The second-order valence-corrected chi connectivity index (χ2v) is 8.84. The van der Waals surface area contributed by atoms with Gasteiger partial charge in [-0.05, 0) is 55.3 Å². The van der Waals surface area contributed by atoms with Crippen molar-refractivity contribution in [1.82, 2.24) is 5.32 Å². The van der Waals surface area contributed by atoms with E-state index in [9.17, 15) is 17.6 Å². The summed E-state index contributed by atoms with van der Waals surface area (Å²) >= 11 is 0. The van der Waals surface area contributed by atoms with Gasteiger partial charge in [0.1, 0.15) is 11.6 Å². The van der Waals surface area contributed by atoms with E-state index in [1.165, 1.54) is 16.4 Å². The van der Waals surface area contributed by atoms with Gasteiger partial charge in [-0.3, -0.25) is 9.10 Å². The number of anilines is 1. The first-order valence-corrected chi connectivity index (χ1v) is 11.3. The van der Waals surface area contributed by atoms with Crippen LogP contribution in [0, 0.1) is 5.82 Å². The topological polar surface area (TPSA) is 75.7 Å². The van der Waals surface area contributed by atoms with Crippen LogP contribution in [0.4, 0.5) is 10.1 Å². The zero-order valence-corrected chi connectivity index (χ0v) is 17.7. The summed E-state index contributed by atoms with van der Waals surface area (Å²) in [4.78, 5) is 11.9. The Balaban J connectivity index is 2.03. The Bertz CT molecular complexity index is 899. The molecule has 2 aromatic carbocycles. The molecular formula is C21H27FN2O4S. The third-order valence-electron chi connectivity index (χ3n) is 4.26. The maximum atomic E-state index is 13.1. The van der Waals surface area contributed by atoms with E-state index in [0.29, 0.717) is 17.0 Å². The molecule has 0 unspecified atom stereocenters. The average Bonchev–Trinajstić information content (AvgIpc) is 2.65. The third-order valence-corrected chi connectivity index (χ3v) is 5.40. The number of carbonyl (C=O) groups excluding carboxylic acids is 1. The number of benzene rings is 2. The predicted molar refractivity (Wildman–Crippen MR) is 112 cm³/mol. The Labute approximate surface area is 171 Å². The van der Waals surface area contributed by atoms with E-state index in [-0.39, 0.29) is 30.9 Å². The molecule has 0 aromatic heterocycles. The van der Waals surface area contributed by atoms with Crippen molar-refractivity contribution >= 4 is 21.6 Å². The van der Waals surface area contributed by atoms with E-state index in [1.54, 1.807) is 36.4 Å². The van der Waals surface area contributed by atoms with Crippen molar-refractivity contribution in [2.24, 2.45) is 0 Å². The molecule has 1 amide bonds. The minimum atomic E-state index is -3.55. The Morgan fingerprint density at radius 1 is 1.14 bits per heavy atom. The first-order chi connectivity index (χ1) is 13.7. The molecule has 2 rings (SSSR count). The molecule has 0 aliphatic heterocycles. The highest BCUT2D eigenvalue weighted by Gasteiger charge is 2.18. The summed E-state index contributed by atoms with van der Waals surface area (Å²) in [6, 6.07) is 12.2. The fourth-order valence-electron chi connectivity index (χ4n) is 2.83. The fraction of sp³-hybridized carbons (Fsp3) is 0.381. The van der Waals surface area contributed by atoms with Gasteiger partial charge in [-0.25, -0.2) is 12.8 Å². The fourth-order valence-corrected chi connectivity index (χ4v) is 3.72. The summed E-state index contributed by atoms with van der Waals surface area (Å²) in [5.74, 6) is -0.124. The van der Waals surface area contributed by atoms with Gasteiger partial charge in [0.2, 0.25) is 10.0 Å². The number of hydrogen-bond donors (Lipinski definition) is 1. The second kappa shape index (κ2) is 10.2. The van der Waals surface area contributed by atoms with Crippen LogP contribution in [0.25, 0.3) is 0 Å². The molecule has 2 aromatic rings. The third kappa shape index (κ3) is 7.38. The van der Waals surface area contributed by atoms with Gasteiger partial charge in [0.25, 0.3) is 5.91 Å². The number of nitrogens with zero attached hydrogens (tertiary/aromatic N) is 1. The van der Waals surface area contributed by atoms with E-state index < -0.39 is 10.0 Å². The number of ether oxygens (including phenoxy) is 1. The van der Waals surface area contributed by atoms with Crippen LogP contribution in [-0.4, -0.2) is 33.2 Å². The van der Waals surface area contributed by atoms with Crippen LogP contribution in [-0.2, 0) is 21.4 Å². The van der Waals surface area contributed by atoms with Crippen LogP contribution in [0.5, 0.6) is 5.75 Å². The van der Waals surface area contributed by atoms with Gasteiger partial charge < -0.3 is 10.1 Å². The number of carbonyl (C=O) groups is 1. The van der Waals surface area contributed by atoms with E-state index in [2.05, 4.69) is 12.2 Å². The molecule has 0 spiro atoms. The van der Waals surface area contributed by atoms with E-state index in [0.717, 1.165) is 19.1 Å². The van der Waals surface area contributed by atoms with Gasteiger partial charge in [0.05, 0.1) is 18.5 Å². The standard InChI is InChI=1S/C21H27FN2O4S/c1-4-5-16(2)23-21(25)15-28-20-12-10-19(11-13-20)24(29(3,26)27)14-17-6-8-18(22)9-7-17/h6-13,16H,4-5,14-15H2,1-3H3,(H,23,25)/t16-/m1/s1. The number of sulfonamides is 1. The minimum absolute atomic E-state index is 0.0804. The molecule has 1 N–H and O–H groups in total. The van der Waals surface area contributed by atoms with Gasteiger partial charge in [-0.2, -0.15) is 0 Å². The first kappa shape index (κ1) is 22.7. The van der Waals surface area contributed by atoms with Crippen molar-refractivity contribution < 1.29 is 22.3 Å². The number of nitrogens with one attached hydrogen (secondary N) is 1. The summed E-state index contributed by atoms with van der Waals surface area (Å²) in [5.41, 5.74) is 1.11. The maximum absolute atomic E-state index is 13.1. The van der Waals surface area contributed by atoms with Gasteiger partial charge in [-0.15, -0.1) is 0 Å². The lowest BCUT2D eigenvalue weighted by molar-refractivity contribution is -0.123. The van der Waals surface area contributed by atoms with Crippen LogP contribution in [0.1, 0.15) is 32.3 Å². The smallest absolute Gasteiger partial charge is 0.258 e. The van der Waals surface area contributed by atoms with Gasteiger partial charge in [0.15, 0.2) is 6.61 Å². The molecule has 0 saturated carbocycles. The summed E-state index contributed by atoms with van der Waals surface area (Å²) in [6.45, 7) is 3.96. The lowest BCUT2D eigenvalue weighted by Crippen LogP contribution is -2.35. The highest BCUT2D eigenvalue weighted by atomic mass is 32.2. The monoisotopic (exact) mass is 422 g/mol.